The molecule has 0 aromatic heterocycles. The monoisotopic (exact) mass is 221 g/mol. The lowest BCUT2D eigenvalue weighted by Gasteiger charge is -2.22. The Morgan fingerprint density at radius 1 is 1.50 bits per heavy atom. The minimum absolute atomic E-state index is 0.281. The molecule has 0 bridgehead atoms. The van der Waals surface area contributed by atoms with Crippen LogP contribution in [0.15, 0.2) is 0 Å². The third-order valence-electron chi connectivity index (χ3n) is 1.69. The molecule has 14 heavy (non-hydrogen) atoms. The molecule has 0 amide bonds. The van der Waals surface area contributed by atoms with Gasteiger partial charge in [-0.15, -0.1) is 0 Å². The first-order valence-electron chi connectivity index (χ1n) is 5.01. The van der Waals surface area contributed by atoms with Crippen LogP contribution in [0.25, 0.3) is 0 Å². The molecule has 0 aliphatic carbocycles. The highest BCUT2D eigenvalue weighted by Gasteiger charge is 2.18. The van der Waals surface area contributed by atoms with E-state index in [1.807, 2.05) is 27.0 Å². The summed E-state index contributed by atoms with van der Waals surface area (Å²) in [5.41, 5.74) is -0.614. The Morgan fingerprint density at radius 2 is 2.14 bits per heavy atom. The van der Waals surface area contributed by atoms with E-state index in [1.54, 1.807) is 11.8 Å². The molecule has 0 aliphatic rings. The SMILES string of the molecule is CSCC(C)(O)CNCCOC(C)C. The van der Waals surface area contributed by atoms with Crippen molar-refractivity contribution in [3.05, 3.63) is 0 Å². The van der Waals surface area contributed by atoms with Gasteiger partial charge in [0.15, 0.2) is 0 Å². The lowest BCUT2D eigenvalue weighted by atomic mass is 10.1. The van der Waals surface area contributed by atoms with Crippen molar-refractivity contribution < 1.29 is 9.84 Å². The van der Waals surface area contributed by atoms with E-state index in [4.69, 9.17) is 4.74 Å². The van der Waals surface area contributed by atoms with Crippen molar-refractivity contribution >= 4 is 11.8 Å². The Bertz CT molecular complexity index is 140. The quantitative estimate of drug-likeness (QED) is 0.603. The van der Waals surface area contributed by atoms with E-state index in [1.165, 1.54) is 0 Å². The van der Waals surface area contributed by atoms with Crippen LogP contribution in [0.5, 0.6) is 0 Å². The fourth-order valence-corrected chi connectivity index (χ4v) is 1.81. The molecule has 86 valence electrons. The molecular weight excluding hydrogens is 198 g/mol. The highest BCUT2D eigenvalue weighted by atomic mass is 32.2. The number of nitrogens with one attached hydrogen (secondary N) is 1. The molecule has 2 N–H and O–H groups in total. The molecule has 4 heteroatoms. The summed E-state index contributed by atoms with van der Waals surface area (Å²) in [5, 5.41) is 13.0. The zero-order chi connectivity index (χ0) is 11.0. The predicted octanol–water partition coefficient (Wildman–Crippen LogP) is 1.11. The van der Waals surface area contributed by atoms with Crippen LogP contribution in [0.4, 0.5) is 0 Å². The fraction of sp³-hybridized carbons (Fsp3) is 1.00. The van der Waals surface area contributed by atoms with Crippen molar-refractivity contribution in [1.29, 1.82) is 0 Å². The minimum Gasteiger partial charge on any atom is -0.388 e. The summed E-state index contributed by atoms with van der Waals surface area (Å²) in [4.78, 5) is 0. The Balaban J connectivity index is 3.34. The summed E-state index contributed by atoms with van der Waals surface area (Å²) in [6, 6.07) is 0. The van der Waals surface area contributed by atoms with Crippen LogP contribution in [0.3, 0.4) is 0 Å². The maximum absolute atomic E-state index is 9.80. The topological polar surface area (TPSA) is 41.5 Å². The third kappa shape index (κ3) is 8.81. The molecule has 0 aliphatic heterocycles. The molecule has 1 unspecified atom stereocenters. The average molecular weight is 221 g/mol. The van der Waals surface area contributed by atoms with E-state index in [-0.39, 0.29) is 6.10 Å². The first-order valence-corrected chi connectivity index (χ1v) is 6.41. The van der Waals surface area contributed by atoms with Crippen molar-refractivity contribution in [1.82, 2.24) is 5.32 Å². The van der Waals surface area contributed by atoms with Gasteiger partial charge in [0, 0.05) is 18.8 Å². The summed E-state index contributed by atoms with van der Waals surface area (Å²) in [5.74, 6) is 0.755. The maximum Gasteiger partial charge on any atom is 0.0833 e. The minimum atomic E-state index is -0.614. The molecule has 0 saturated heterocycles. The predicted molar refractivity (Wildman–Crippen MR) is 63.0 cm³/mol. The van der Waals surface area contributed by atoms with Gasteiger partial charge in [-0.05, 0) is 27.0 Å². The van der Waals surface area contributed by atoms with Crippen LogP contribution >= 0.6 is 11.8 Å². The van der Waals surface area contributed by atoms with Gasteiger partial charge in [-0.1, -0.05) is 0 Å². The summed E-state index contributed by atoms with van der Waals surface area (Å²) in [7, 11) is 0. The van der Waals surface area contributed by atoms with Crippen LogP contribution in [-0.2, 0) is 4.74 Å². The average Bonchev–Trinajstić information content (AvgIpc) is 2.02. The van der Waals surface area contributed by atoms with Crippen LogP contribution in [0.2, 0.25) is 0 Å². The van der Waals surface area contributed by atoms with Crippen molar-refractivity contribution in [2.45, 2.75) is 32.5 Å². The molecule has 3 nitrogen and oxygen atoms in total. The molecule has 0 rings (SSSR count). The van der Waals surface area contributed by atoms with Crippen LogP contribution in [0.1, 0.15) is 20.8 Å². The van der Waals surface area contributed by atoms with Gasteiger partial charge in [0.25, 0.3) is 0 Å². The van der Waals surface area contributed by atoms with Gasteiger partial charge in [-0.25, -0.2) is 0 Å². The second-order valence-electron chi connectivity index (χ2n) is 4.03. The van der Waals surface area contributed by atoms with Gasteiger partial charge in [0.05, 0.1) is 18.3 Å². The highest BCUT2D eigenvalue weighted by molar-refractivity contribution is 7.98. The van der Waals surface area contributed by atoms with Gasteiger partial charge in [-0.3, -0.25) is 0 Å². The van der Waals surface area contributed by atoms with E-state index >= 15 is 0 Å². The molecule has 0 aromatic rings. The number of hydrogen-bond acceptors (Lipinski definition) is 4. The lowest BCUT2D eigenvalue weighted by molar-refractivity contribution is 0.0650. The second kappa shape index (κ2) is 7.51. The van der Waals surface area contributed by atoms with Crippen LogP contribution in [-0.4, -0.2) is 48.5 Å². The molecule has 0 fully saturated rings. The van der Waals surface area contributed by atoms with Crippen molar-refractivity contribution in [3.63, 3.8) is 0 Å². The lowest BCUT2D eigenvalue weighted by Crippen LogP contribution is -2.41. The normalized spacial score (nSPS) is 15.9. The van der Waals surface area contributed by atoms with Crippen LogP contribution in [0, 0.1) is 0 Å². The number of rotatable bonds is 8. The van der Waals surface area contributed by atoms with Crippen molar-refractivity contribution in [2.75, 3.05) is 31.7 Å². The fourth-order valence-electron chi connectivity index (χ4n) is 1.09. The molecule has 1 atom stereocenters. The summed E-state index contributed by atoms with van der Waals surface area (Å²) >= 11 is 1.66. The Hall–Kier alpha value is 0.230. The highest BCUT2D eigenvalue weighted by Crippen LogP contribution is 2.08. The van der Waals surface area contributed by atoms with E-state index in [0.29, 0.717) is 13.2 Å². The number of aliphatic hydroxyl groups is 1. The third-order valence-corrected chi connectivity index (χ3v) is 2.60. The molecule has 0 spiro atoms. The van der Waals surface area contributed by atoms with E-state index in [0.717, 1.165) is 12.3 Å². The van der Waals surface area contributed by atoms with Gasteiger partial charge >= 0.3 is 0 Å². The largest absolute Gasteiger partial charge is 0.388 e. The first-order chi connectivity index (χ1) is 6.48. The number of ether oxygens (including phenoxy) is 1. The van der Waals surface area contributed by atoms with Crippen LogP contribution < -0.4 is 5.32 Å². The second-order valence-corrected chi connectivity index (χ2v) is 4.89. The molecule has 0 saturated carbocycles. The smallest absolute Gasteiger partial charge is 0.0833 e. The Kier molecular flexibility index (Phi) is 7.64. The molecule has 0 radical (unpaired) electrons. The zero-order valence-corrected chi connectivity index (χ0v) is 10.5. The van der Waals surface area contributed by atoms with E-state index in [2.05, 4.69) is 5.32 Å². The zero-order valence-electron chi connectivity index (χ0n) is 9.67. The van der Waals surface area contributed by atoms with Crippen molar-refractivity contribution in [3.8, 4) is 0 Å². The van der Waals surface area contributed by atoms with E-state index in [9.17, 15) is 5.11 Å². The number of thioether (sulfide) groups is 1. The molecular formula is C10H23NO2S. The Labute approximate surface area is 91.6 Å². The maximum atomic E-state index is 9.80. The van der Waals surface area contributed by atoms with Gasteiger partial charge < -0.3 is 15.2 Å². The Morgan fingerprint density at radius 3 is 2.64 bits per heavy atom. The molecule has 0 aromatic carbocycles. The van der Waals surface area contributed by atoms with Crippen molar-refractivity contribution in [2.24, 2.45) is 0 Å². The van der Waals surface area contributed by atoms with E-state index < -0.39 is 5.60 Å². The number of hydrogen-bond donors (Lipinski definition) is 2. The van der Waals surface area contributed by atoms with Gasteiger partial charge in [0.2, 0.25) is 0 Å². The molecule has 0 heterocycles. The van der Waals surface area contributed by atoms with Gasteiger partial charge in [-0.2, -0.15) is 11.8 Å². The standard InChI is InChI=1S/C10H23NO2S/c1-9(2)13-6-5-11-7-10(3,12)8-14-4/h9,11-12H,5-8H2,1-4H3. The summed E-state index contributed by atoms with van der Waals surface area (Å²) < 4.78 is 5.37. The first kappa shape index (κ1) is 14.2. The summed E-state index contributed by atoms with van der Waals surface area (Å²) in [6.45, 7) is 8.00. The summed E-state index contributed by atoms with van der Waals surface area (Å²) in [6.07, 6.45) is 2.28. The van der Waals surface area contributed by atoms with Gasteiger partial charge in [0.1, 0.15) is 0 Å².